The first-order chi connectivity index (χ1) is 9.21. The SMILES string of the molecule is CSc1ccc(-c2nc(C3(N)CCCC3)cs2)cc1. The van der Waals surface area contributed by atoms with Gasteiger partial charge in [-0.1, -0.05) is 25.0 Å². The summed E-state index contributed by atoms with van der Waals surface area (Å²) in [4.78, 5) is 6.06. The van der Waals surface area contributed by atoms with Gasteiger partial charge in [-0.25, -0.2) is 4.98 Å². The molecule has 1 aliphatic carbocycles. The van der Waals surface area contributed by atoms with E-state index in [1.165, 1.54) is 23.3 Å². The number of hydrogen-bond acceptors (Lipinski definition) is 4. The summed E-state index contributed by atoms with van der Waals surface area (Å²) in [6, 6.07) is 8.59. The number of thioether (sulfide) groups is 1. The Labute approximate surface area is 122 Å². The van der Waals surface area contributed by atoms with Crippen LogP contribution in [0.1, 0.15) is 31.4 Å². The first-order valence-electron chi connectivity index (χ1n) is 6.61. The molecule has 0 unspecified atom stereocenters. The smallest absolute Gasteiger partial charge is 0.123 e. The number of aromatic nitrogens is 1. The fraction of sp³-hybridized carbons (Fsp3) is 0.400. The zero-order valence-electron chi connectivity index (χ0n) is 11.1. The maximum atomic E-state index is 6.46. The van der Waals surface area contributed by atoms with Crippen molar-refractivity contribution < 1.29 is 0 Å². The molecule has 0 spiro atoms. The number of benzene rings is 1. The van der Waals surface area contributed by atoms with Gasteiger partial charge in [-0.05, 0) is 31.2 Å². The highest BCUT2D eigenvalue weighted by Gasteiger charge is 2.33. The standard InChI is InChI=1S/C15H18N2S2/c1-18-12-6-4-11(5-7-12)14-17-13(10-19-14)15(16)8-2-3-9-15/h4-7,10H,2-3,8-9,16H2,1H3. The second kappa shape index (κ2) is 5.27. The van der Waals surface area contributed by atoms with Gasteiger partial charge in [0.15, 0.2) is 0 Å². The minimum Gasteiger partial charge on any atom is -0.320 e. The lowest BCUT2D eigenvalue weighted by Gasteiger charge is -2.20. The van der Waals surface area contributed by atoms with E-state index in [9.17, 15) is 0 Å². The highest BCUT2D eigenvalue weighted by Crippen LogP contribution is 2.38. The molecule has 4 heteroatoms. The lowest BCUT2D eigenvalue weighted by molar-refractivity contribution is 0.450. The van der Waals surface area contributed by atoms with Gasteiger partial charge < -0.3 is 5.73 Å². The molecular formula is C15H18N2S2. The molecule has 2 aromatic rings. The summed E-state index contributed by atoms with van der Waals surface area (Å²) in [5.41, 5.74) is 8.56. The predicted molar refractivity (Wildman–Crippen MR) is 83.7 cm³/mol. The van der Waals surface area contributed by atoms with Gasteiger partial charge in [0.2, 0.25) is 0 Å². The molecule has 1 aliphatic rings. The normalized spacial score (nSPS) is 17.8. The fourth-order valence-electron chi connectivity index (χ4n) is 2.63. The second-order valence-electron chi connectivity index (χ2n) is 5.13. The van der Waals surface area contributed by atoms with Crippen molar-refractivity contribution in [2.75, 3.05) is 6.26 Å². The van der Waals surface area contributed by atoms with E-state index in [0.717, 1.165) is 23.5 Å². The van der Waals surface area contributed by atoms with Crippen molar-refractivity contribution in [1.29, 1.82) is 0 Å². The van der Waals surface area contributed by atoms with Crippen LogP contribution < -0.4 is 5.73 Å². The number of nitrogens with zero attached hydrogens (tertiary/aromatic N) is 1. The number of hydrogen-bond donors (Lipinski definition) is 1. The van der Waals surface area contributed by atoms with Crippen molar-refractivity contribution in [3.63, 3.8) is 0 Å². The number of nitrogens with two attached hydrogens (primary N) is 1. The third-order valence-electron chi connectivity index (χ3n) is 3.85. The fourth-order valence-corrected chi connectivity index (χ4v) is 3.97. The molecule has 0 aliphatic heterocycles. The van der Waals surface area contributed by atoms with Gasteiger partial charge in [0.25, 0.3) is 0 Å². The third-order valence-corrected chi connectivity index (χ3v) is 5.48. The van der Waals surface area contributed by atoms with E-state index in [1.807, 2.05) is 0 Å². The molecule has 2 nitrogen and oxygen atoms in total. The van der Waals surface area contributed by atoms with Crippen LogP contribution in [0.25, 0.3) is 10.6 Å². The average molecular weight is 290 g/mol. The van der Waals surface area contributed by atoms with E-state index in [2.05, 4.69) is 35.9 Å². The van der Waals surface area contributed by atoms with Crippen LogP contribution in [-0.4, -0.2) is 11.2 Å². The van der Waals surface area contributed by atoms with Gasteiger partial charge in [0, 0.05) is 15.8 Å². The lowest BCUT2D eigenvalue weighted by atomic mass is 9.96. The molecule has 0 saturated heterocycles. The molecule has 100 valence electrons. The molecule has 1 aromatic carbocycles. The number of rotatable bonds is 3. The maximum absolute atomic E-state index is 6.46. The Kier molecular flexibility index (Phi) is 3.65. The maximum Gasteiger partial charge on any atom is 0.123 e. The topological polar surface area (TPSA) is 38.9 Å². The Balaban J connectivity index is 1.87. The quantitative estimate of drug-likeness (QED) is 0.858. The highest BCUT2D eigenvalue weighted by molar-refractivity contribution is 7.98. The van der Waals surface area contributed by atoms with Crippen molar-refractivity contribution in [3.05, 3.63) is 35.3 Å². The first kappa shape index (κ1) is 13.2. The van der Waals surface area contributed by atoms with Crippen LogP contribution in [0.3, 0.4) is 0 Å². The van der Waals surface area contributed by atoms with E-state index in [0.29, 0.717) is 0 Å². The first-order valence-corrected chi connectivity index (χ1v) is 8.71. The van der Waals surface area contributed by atoms with Gasteiger partial charge in [-0.2, -0.15) is 0 Å². The van der Waals surface area contributed by atoms with Crippen LogP contribution in [0.15, 0.2) is 34.5 Å². The number of thiazole rings is 1. The largest absolute Gasteiger partial charge is 0.320 e. The van der Waals surface area contributed by atoms with E-state index >= 15 is 0 Å². The monoisotopic (exact) mass is 290 g/mol. The molecule has 1 heterocycles. The Hall–Kier alpha value is -0.840. The van der Waals surface area contributed by atoms with E-state index in [4.69, 9.17) is 10.7 Å². The Morgan fingerprint density at radius 1 is 1.21 bits per heavy atom. The summed E-state index contributed by atoms with van der Waals surface area (Å²) >= 11 is 3.46. The molecule has 0 bridgehead atoms. The molecule has 19 heavy (non-hydrogen) atoms. The van der Waals surface area contributed by atoms with Crippen molar-refractivity contribution >= 4 is 23.1 Å². The molecule has 0 radical (unpaired) electrons. The van der Waals surface area contributed by atoms with E-state index in [-0.39, 0.29) is 5.54 Å². The van der Waals surface area contributed by atoms with Crippen LogP contribution in [0.2, 0.25) is 0 Å². The molecule has 1 fully saturated rings. The molecule has 0 atom stereocenters. The Morgan fingerprint density at radius 3 is 2.53 bits per heavy atom. The van der Waals surface area contributed by atoms with Crippen molar-refractivity contribution in [2.24, 2.45) is 5.73 Å². The molecule has 3 rings (SSSR count). The molecular weight excluding hydrogens is 272 g/mol. The lowest BCUT2D eigenvalue weighted by Crippen LogP contribution is -2.33. The van der Waals surface area contributed by atoms with Crippen LogP contribution in [0.5, 0.6) is 0 Å². The molecule has 0 amide bonds. The van der Waals surface area contributed by atoms with E-state index in [1.54, 1.807) is 23.1 Å². The van der Waals surface area contributed by atoms with Gasteiger partial charge in [-0.3, -0.25) is 0 Å². The Morgan fingerprint density at radius 2 is 1.89 bits per heavy atom. The van der Waals surface area contributed by atoms with Crippen LogP contribution in [-0.2, 0) is 5.54 Å². The van der Waals surface area contributed by atoms with Gasteiger partial charge in [0.1, 0.15) is 5.01 Å². The summed E-state index contributed by atoms with van der Waals surface area (Å²) < 4.78 is 0. The van der Waals surface area contributed by atoms with Gasteiger partial charge in [0.05, 0.1) is 11.2 Å². The summed E-state index contributed by atoms with van der Waals surface area (Å²) in [5.74, 6) is 0. The van der Waals surface area contributed by atoms with Crippen LogP contribution >= 0.6 is 23.1 Å². The van der Waals surface area contributed by atoms with Crippen LogP contribution in [0, 0.1) is 0 Å². The third kappa shape index (κ3) is 2.57. The molecule has 2 N–H and O–H groups in total. The summed E-state index contributed by atoms with van der Waals surface area (Å²) in [7, 11) is 0. The summed E-state index contributed by atoms with van der Waals surface area (Å²) in [5, 5.41) is 3.22. The minimum atomic E-state index is -0.173. The van der Waals surface area contributed by atoms with Gasteiger partial charge >= 0.3 is 0 Å². The minimum absolute atomic E-state index is 0.173. The van der Waals surface area contributed by atoms with Gasteiger partial charge in [-0.15, -0.1) is 23.1 Å². The zero-order chi connectivity index (χ0) is 13.3. The van der Waals surface area contributed by atoms with Crippen molar-refractivity contribution in [1.82, 2.24) is 4.98 Å². The Bertz CT molecular complexity index is 554. The summed E-state index contributed by atoms with van der Waals surface area (Å²) in [6.45, 7) is 0. The highest BCUT2D eigenvalue weighted by atomic mass is 32.2. The predicted octanol–water partition coefficient (Wildman–Crippen LogP) is 4.26. The van der Waals surface area contributed by atoms with E-state index < -0.39 is 0 Å². The summed E-state index contributed by atoms with van der Waals surface area (Å²) in [6.07, 6.45) is 6.69. The average Bonchev–Trinajstić information content (AvgIpc) is 3.08. The zero-order valence-corrected chi connectivity index (χ0v) is 12.7. The van der Waals surface area contributed by atoms with Crippen molar-refractivity contribution in [3.8, 4) is 10.6 Å². The molecule has 1 saturated carbocycles. The molecule has 1 aromatic heterocycles. The van der Waals surface area contributed by atoms with Crippen LogP contribution in [0.4, 0.5) is 0 Å². The second-order valence-corrected chi connectivity index (χ2v) is 6.87. The van der Waals surface area contributed by atoms with Crippen molar-refractivity contribution in [2.45, 2.75) is 36.1 Å².